The highest BCUT2D eigenvalue weighted by molar-refractivity contribution is 6.23. The van der Waals surface area contributed by atoms with Gasteiger partial charge in [0.15, 0.2) is 0 Å². The summed E-state index contributed by atoms with van der Waals surface area (Å²) in [5.74, 6) is 0.773. The van der Waals surface area contributed by atoms with Crippen molar-refractivity contribution in [1.29, 1.82) is 0 Å². The van der Waals surface area contributed by atoms with E-state index in [1.807, 2.05) is 19.2 Å². The first-order valence-corrected chi connectivity index (χ1v) is 11.4. The summed E-state index contributed by atoms with van der Waals surface area (Å²) in [5, 5.41) is 3.84. The highest BCUT2D eigenvalue weighted by Gasteiger charge is 2.29. The van der Waals surface area contributed by atoms with Gasteiger partial charge in [-0.3, -0.25) is 14.8 Å². The number of aliphatic imine (C=N–C) groups is 1. The van der Waals surface area contributed by atoms with Crippen LogP contribution in [0.1, 0.15) is 78.7 Å². The maximum atomic E-state index is 12.0. The second-order valence-corrected chi connectivity index (χ2v) is 8.33. The standard InChI is InChI=1S/C26H34N4O/c1-6-9-10-23(17(4)7-2)29-18(5)22(8-3)20-13-21-16-28-25(14-24(21)27-15-20)30-26(31)19-11-12-19/h8,13-16,19H,6-7,9-12H2,1-5H3,(H,28,30,31)/b22-8+,23-17+,29-18+. The molecule has 1 N–H and O–H groups in total. The summed E-state index contributed by atoms with van der Waals surface area (Å²) in [6.45, 7) is 10.7. The molecule has 0 atom stereocenters. The number of allylic oxidation sites excluding steroid dienone is 4. The first-order chi connectivity index (χ1) is 15.0. The smallest absolute Gasteiger partial charge is 0.228 e. The van der Waals surface area contributed by atoms with Gasteiger partial charge in [-0.1, -0.05) is 31.9 Å². The van der Waals surface area contributed by atoms with E-state index in [-0.39, 0.29) is 11.8 Å². The van der Waals surface area contributed by atoms with E-state index in [1.54, 1.807) is 6.20 Å². The monoisotopic (exact) mass is 418 g/mol. The number of nitrogens with zero attached hydrogens (tertiary/aromatic N) is 3. The van der Waals surface area contributed by atoms with Crippen molar-refractivity contribution in [3.8, 4) is 0 Å². The molecule has 0 radical (unpaired) electrons. The number of rotatable bonds is 9. The number of pyridine rings is 2. The van der Waals surface area contributed by atoms with Crippen LogP contribution in [0.5, 0.6) is 0 Å². The van der Waals surface area contributed by atoms with Crippen LogP contribution in [0.4, 0.5) is 5.82 Å². The van der Waals surface area contributed by atoms with Gasteiger partial charge in [-0.2, -0.15) is 0 Å². The summed E-state index contributed by atoms with van der Waals surface area (Å²) in [6, 6.07) is 3.93. The van der Waals surface area contributed by atoms with Crippen LogP contribution in [0, 0.1) is 5.92 Å². The van der Waals surface area contributed by atoms with E-state index in [0.717, 1.165) is 66.3 Å². The summed E-state index contributed by atoms with van der Waals surface area (Å²) in [6.07, 6.45) is 12.0. The first kappa shape index (κ1) is 22.9. The third kappa shape index (κ3) is 5.87. The van der Waals surface area contributed by atoms with Crippen LogP contribution < -0.4 is 5.32 Å². The quantitative estimate of drug-likeness (QED) is 0.460. The molecule has 2 aromatic heterocycles. The molecule has 1 aliphatic rings. The number of unbranched alkanes of at least 4 members (excludes halogenated alkanes) is 1. The van der Waals surface area contributed by atoms with E-state index in [4.69, 9.17) is 4.99 Å². The van der Waals surface area contributed by atoms with Crippen molar-refractivity contribution in [1.82, 2.24) is 9.97 Å². The molecule has 1 amide bonds. The van der Waals surface area contributed by atoms with Gasteiger partial charge in [0.2, 0.25) is 5.91 Å². The highest BCUT2D eigenvalue weighted by atomic mass is 16.2. The van der Waals surface area contributed by atoms with Crippen molar-refractivity contribution in [2.45, 2.75) is 73.1 Å². The Kier molecular flexibility index (Phi) is 7.72. The van der Waals surface area contributed by atoms with E-state index in [2.05, 4.69) is 55.1 Å². The Morgan fingerprint density at radius 2 is 1.97 bits per heavy atom. The van der Waals surface area contributed by atoms with Gasteiger partial charge in [-0.15, -0.1) is 0 Å². The molecule has 0 spiro atoms. The molecule has 0 saturated heterocycles. The lowest BCUT2D eigenvalue weighted by Crippen LogP contribution is -2.14. The Morgan fingerprint density at radius 3 is 2.61 bits per heavy atom. The van der Waals surface area contributed by atoms with Crippen LogP contribution in [-0.2, 0) is 4.79 Å². The van der Waals surface area contributed by atoms with Gasteiger partial charge in [0.25, 0.3) is 0 Å². The van der Waals surface area contributed by atoms with E-state index < -0.39 is 0 Å². The third-order valence-corrected chi connectivity index (χ3v) is 5.85. The van der Waals surface area contributed by atoms with Crippen molar-refractivity contribution in [3.05, 3.63) is 47.4 Å². The zero-order valence-electron chi connectivity index (χ0n) is 19.5. The molecular formula is C26H34N4O. The van der Waals surface area contributed by atoms with Gasteiger partial charge in [0.1, 0.15) is 5.82 Å². The van der Waals surface area contributed by atoms with Crippen LogP contribution in [0.15, 0.2) is 46.9 Å². The number of anilines is 1. The van der Waals surface area contributed by atoms with Gasteiger partial charge >= 0.3 is 0 Å². The van der Waals surface area contributed by atoms with Crippen molar-refractivity contribution < 1.29 is 4.79 Å². The summed E-state index contributed by atoms with van der Waals surface area (Å²) >= 11 is 0. The fourth-order valence-corrected chi connectivity index (χ4v) is 3.57. The summed E-state index contributed by atoms with van der Waals surface area (Å²) in [7, 11) is 0. The molecule has 5 heteroatoms. The van der Waals surface area contributed by atoms with Crippen molar-refractivity contribution >= 4 is 33.9 Å². The topological polar surface area (TPSA) is 67.2 Å². The molecular weight excluding hydrogens is 384 g/mol. The molecule has 2 aromatic rings. The van der Waals surface area contributed by atoms with Gasteiger partial charge in [-0.25, -0.2) is 4.98 Å². The maximum absolute atomic E-state index is 12.0. The number of aromatic nitrogens is 2. The van der Waals surface area contributed by atoms with E-state index in [1.165, 1.54) is 11.3 Å². The lowest BCUT2D eigenvalue weighted by molar-refractivity contribution is -0.117. The molecule has 1 saturated carbocycles. The van der Waals surface area contributed by atoms with Crippen LogP contribution >= 0.6 is 0 Å². The number of hydrogen-bond acceptors (Lipinski definition) is 4. The predicted octanol–water partition coefficient (Wildman–Crippen LogP) is 6.72. The van der Waals surface area contributed by atoms with E-state index in [9.17, 15) is 4.79 Å². The molecule has 0 aromatic carbocycles. The minimum Gasteiger partial charge on any atom is -0.310 e. The Labute approximate surface area is 185 Å². The molecule has 2 heterocycles. The molecule has 3 rings (SSSR count). The molecule has 0 bridgehead atoms. The van der Waals surface area contributed by atoms with Crippen molar-refractivity contribution in [2.24, 2.45) is 10.9 Å². The van der Waals surface area contributed by atoms with Crippen LogP contribution in [0.25, 0.3) is 16.5 Å². The SMILES string of the molecule is C\C=C(/C(C)=N/C(CCCC)=C(\C)CC)c1cnc2cc(NC(=O)C3CC3)ncc2c1. The molecule has 0 unspecified atom stereocenters. The Morgan fingerprint density at radius 1 is 1.19 bits per heavy atom. The molecule has 164 valence electrons. The van der Waals surface area contributed by atoms with Gasteiger partial charge < -0.3 is 5.32 Å². The van der Waals surface area contributed by atoms with Gasteiger partial charge in [0, 0.05) is 52.3 Å². The van der Waals surface area contributed by atoms with Crippen LogP contribution in [-0.4, -0.2) is 21.6 Å². The molecule has 1 fully saturated rings. The highest BCUT2D eigenvalue weighted by Crippen LogP contribution is 2.30. The zero-order chi connectivity index (χ0) is 22.4. The minimum atomic E-state index is 0.0563. The number of hydrogen-bond donors (Lipinski definition) is 1. The lowest BCUT2D eigenvalue weighted by atomic mass is 10.0. The minimum absolute atomic E-state index is 0.0563. The largest absolute Gasteiger partial charge is 0.310 e. The van der Waals surface area contributed by atoms with Crippen LogP contribution in [0.2, 0.25) is 0 Å². The first-order valence-electron chi connectivity index (χ1n) is 11.4. The van der Waals surface area contributed by atoms with Crippen molar-refractivity contribution in [3.63, 3.8) is 0 Å². The average Bonchev–Trinajstić information content (AvgIpc) is 3.62. The molecule has 5 nitrogen and oxygen atoms in total. The van der Waals surface area contributed by atoms with Gasteiger partial charge in [0.05, 0.1) is 5.52 Å². The maximum Gasteiger partial charge on any atom is 0.228 e. The normalized spacial score (nSPS) is 15.8. The Bertz CT molecular complexity index is 1040. The number of fused-ring (bicyclic) bond motifs is 1. The number of carbonyl (C=O) groups is 1. The number of carbonyl (C=O) groups excluding carboxylic acids is 1. The summed E-state index contributed by atoms with van der Waals surface area (Å²) in [4.78, 5) is 26.1. The fourth-order valence-electron chi connectivity index (χ4n) is 3.57. The van der Waals surface area contributed by atoms with Crippen LogP contribution in [0.3, 0.4) is 0 Å². The second-order valence-electron chi connectivity index (χ2n) is 8.33. The Hall–Kier alpha value is -2.82. The van der Waals surface area contributed by atoms with E-state index in [0.29, 0.717) is 5.82 Å². The average molecular weight is 419 g/mol. The molecule has 31 heavy (non-hydrogen) atoms. The van der Waals surface area contributed by atoms with Crippen molar-refractivity contribution in [2.75, 3.05) is 5.32 Å². The predicted molar refractivity (Wildman–Crippen MR) is 130 cm³/mol. The Balaban J connectivity index is 1.86. The zero-order valence-corrected chi connectivity index (χ0v) is 19.5. The lowest BCUT2D eigenvalue weighted by Gasteiger charge is -2.12. The second kappa shape index (κ2) is 10.5. The number of amides is 1. The summed E-state index contributed by atoms with van der Waals surface area (Å²) in [5.41, 5.74) is 6.48. The van der Waals surface area contributed by atoms with E-state index >= 15 is 0 Å². The summed E-state index contributed by atoms with van der Waals surface area (Å²) < 4.78 is 0. The molecule has 0 aliphatic heterocycles. The van der Waals surface area contributed by atoms with Gasteiger partial charge in [-0.05, 0) is 58.9 Å². The number of nitrogens with one attached hydrogen (secondary N) is 1. The molecule has 1 aliphatic carbocycles. The third-order valence-electron chi connectivity index (χ3n) is 5.85. The fraction of sp³-hybridized carbons (Fsp3) is 0.462.